The summed E-state index contributed by atoms with van der Waals surface area (Å²) in [4.78, 5) is 27.1. The molecule has 0 bridgehead atoms. The lowest BCUT2D eigenvalue weighted by molar-refractivity contribution is -0.127. The fraction of sp³-hybridized carbons (Fsp3) is 0.429. The highest BCUT2D eigenvalue weighted by molar-refractivity contribution is 5.98. The van der Waals surface area contributed by atoms with Crippen molar-refractivity contribution in [1.29, 1.82) is 0 Å². The van der Waals surface area contributed by atoms with Crippen molar-refractivity contribution in [2.45, 2.75) is 6.42 Å². The van der Waals surface area contributed by atoms with Crippen molar-refractivity contribution in [1.82, 2.24) is 4.90 Å². The molecule has 1 aromatic rings. The number of nitrogens with zero attached hydrogens (tertiary/aromatic N) is 2. The van der Waals surface area contributed by atoms with Crippen LogP contribution in [-0.4, -0.2) is 48.6 Å². The Morgan fingerprint density at radius 2 is 2.11 bits per heavy atom. The molecule has 0 radical (unpaired) electrons. The number of hydrogen-bond donors (Lipinski definition) is 1. The summed E-state index contributed by atoms with van der Waals surface area (Å²) in [6, 6.07) is 9.22. The van der Waals surface area contributed by atoms with Crippen LogP contribution < -0.4 is 4.90 Å². The van der Waals surface area contributed by atoms with E-state index in [9.17, 15) is 9.59 Å². The van der Waals surface area contributed by atoms with E-state index in [4.69, 9.17) is 5.11 Å². The Kier molecular flexibility index (Phi) is 4.16. The van der Waals surface area contributed by atoms with Gasteiger partial charge in [-0.15, -0.1) is 0 Å². The van der Waals surface area contributed by atoms with Crippen LogP contribution in [0.2, 0.25) is 0 Å². The third kappa shape index (κ3) is 2.93. The number of benzene rings is 1. The maximum atomic E-state index is 12.5. The largest absolute Gasteiger partial charge is 0.395 e. The minimum atomic E-state index is -0.316. The predicted molar refractivity (Wildman–Crippen MR) is 71.6 cm³/mol. The first-order valence-electron chi connectivity index (χ1n) is 6.34. The summed E-state index contributed by atoms with van der Waals surface area (Å²) in [5.41, 5.74) is 0.753. The number of rotatable bonds is 4. The number of amides is 2. The summed E-state index contributed by atoms with van der Waals surface area (Å²) in [6.45, 7) is 0.598. The normalized spacial score (nSPS) is 18.7. The Hall–Kier alpha value is -1.88. The van der Waals surface area contributed by atoms with Crippen LogP contribution in [-0.2, 0) is 9.59 Å². The monoisotopic (exact) mass is 262 g/mol. The highest BCUT2D eigenvalue weighted by Gasteiger charge is 2.34. The first-order chi connectivity index (χ1) is 9.13. The molecular weight excluding hydrogens is 244 g/mol. The third-order valence-electron chi connectivity index (χ3n) is 3.35. The molecule has 0 saturated carbocycles. The van der Waals surface area contributed by atoms with Crippen LogP contribution in [0.4, 0.5) is 5.69 Å². The molecule has 1 aliphatic rings. The Morgan fingerprint density at radius 1 is 1.42 bits per heavy atom. The number of aliphatic hydroxyl groups is 1. The van der Waals surface area contributed by atoms with Crippen LogP contribution in [0, 0.1) is 5.92 Å². The molecule has 0 aliphatic carbocycles. The summed E-state index contributed by atoms with van der Waals surface area (Å²) in [5.74, 6) is -0.419. The van der Waals surface area contributed by atoms with E-state index in [-0.39, 0.29) is 37.3 Å². The summed E-state index contributed by atoms with van der Waals surface area (Å²) in [6.07, 6.45) is 0.254. The predicted octanol–water partition coefficient (Wildman–Crippen LogP) is 0.490. The molecular formula is C14H18N2O3. The van der Waals surface area contributed by atoms with E-state index >= 15 is 0 Å². The van der Waals surface area contributed by atoms with Crippen molar-refractivity contribution >= 4 is 17.5 Å². The Bertz CT molecular complexity index is 461. The van der Waals surface area contributed by atoms with Crippen molar-refractivity contribution < 1.29 is 14.7 Å². The van der Waals surface area contributed by atoms with Crippen LogP contribution in [0.1, 0.15) is 6.42 Å². The van der Waals surface area contributed by atoms with E-state index in [1.54, 1.807) is 16.8 Å². The Labute approximate surface area is 112 Å². The third-order valence-corrected chi connectivity index (χ3v) is 3.35. The van der Waals surface area contributed by atoms with Crippen LogP contribution in [0.25, 0.3) is 0 Å². The second-order valence-electron chi connectivity index (χ2n) is 4.72. The van der Waals surface area contributed by atoms with Gasteiger partial charge in [0, 0.05) is 32.2 Å². The Balaban J connectivity index is 2.16. The lowest BCUT2D eigenvalue weighted by atomic mass is 10.1. The van der Waals surface area contributed by atoms with E-state index in [2.05, 4.69) is 0 Å². The van der Waals surface area contributed by atoms with Gasteiger partial charge in [-0.2, -0.15) is 0 Å². The van der Waals surface area contributed by atoms with Crippen LogP contribution in [0.3, 0.4) is 0 Å². The fourth-order valence-corrected chi connectivity index (χ4v) is 2.32. The van der Waals surface area contributed by atoms with E-state index in [0.29, 0.717) is 6.54 Å². The number of aliphatic hydroxyl groups excluding tert-OH is 1. The second kappa shape index (κ2) is 5.84. The summed E-state index contributed by atoms with van der Waals surface area (Å²) >= 11 is 0. The highest BCUT2D eigenvalue weighted by Crippen LogP contribution is 2.22. The zero-order chi connectivity index (χ0) is 13.8. The van der Waals surface area contributed by atoms with E-state index in [1.165, 1.54) is 0 Å². The summed E-state index contributed by atoms with van der Waals surface area (Å²) in [5, 5.41) is 9.12. The fourth-order valence-electron chi connectivity index (χ4n) is 2.32. The molecule has 0 aromatic heterocycles. The first-order valence-corrected chi connectivity index (χ1v) is 6.34. The van der Waals surface area contributed by atoms with E-state index in [0.717, 1.165) is 5.69 Å². The van der Waals surface area contributed by atoms with Crippen LogP contribution >= 0.6 is 0 Å². The maximum absolute atomic E-state index is 12.5. The van der Waals surface area contributed by atoms with Crippen LogP contribution in [0.5, 0.6) is 0 Å². The highest BCUT2D eigenvalue weighted by atomic mass is 16.3. The number of carbonyl (C=O) groups is 2. The minimum absolute atomic E-state index is 0.00430. The maximum Gasteiger partial charge on any atom is 0.232 e. The molecule has 1 N–H and O–H groups in total. The number of anilines is 1. The topological polar surface area (TPSA) is 60.9 Å². The van der Waals surface area contributed by atoms with Crippen LogP contribution in [0.15, 0.2) is 30.3 Å². The first kappa shape index (κ1) is 13.5. The smallest absolute Gasteiger partial charge is 0.232 e. The molecule has 1 atom stereocenters. The molecule has 1 aromatic carbocycles. The molecule has 2 rings (SSSR count). The van der Waals surface area contributed by atoms with Gasteiger partial charge in [-0.05, 0) is 12.1 Å². The summed E-state index contributed by atoms with van der Waals surface area (Å²) in [7, 11) is 1.70. The quantitative estimate of drug-likeness (QED) is 0.859. The SMILES string of the molecule is CN1CC(C(=O)N(CCO)c2ccccc2)CC1=O. The zero-order valence-electron chi connectivity index (χ0n) is 11.0. The lowest BCUT2D eigenvalue weighted by Gasteiger charge is -2.24. The molecule has 2 amide bonds. The van der Waals surface area contributed by atoms with Gasteiger partial charge in [-0.1, -0.05) is 18.2 Å². The molecule has 1 unspecified atom stereocenters. The van der Waals surface area contributed by atoms with Gasteiger partial charge in [-0.3, -0.25) is 9.59 Å². The van der Waals surface area contributed by atoms with Gasteiger partial charge < -0.3 is 14.9 Å². The zero-order valence-corrected chi connectivity index (χ0v) is 11.0. The summed E-state index contributed by atoms with van der Waals surface area (Å²) < 4.78 is 0. The molecule has 1 fully saturated rings. The molecule has 1 heterocycles. The Morgan fingerprint density at radius 3 is 2.63 bits per heavy atom. The van der Waals surface area contributed by atoms with Crippen molar-refractivity contribution in [2.75, 3.05) is 31.6 Å². The van der Waals surface area contributed by atoms with Gasteiger partial charge >= 0.3 is 0 Å². The van der Waals surface area contributed by atoms with Gasteiger partial charge in [0.1, 0.15) is 0 Å². The molecule has 1 aliphatic heterocycles. The van der Waals surface area contributed by atoms with Gasteiger partial charge in [-0.25, -0.2) is 0 Å². The average Bonchev–Trinajstić information content (AvgIpc) is 2.76. The molecule has 102 valence electrons. The molecule has 1 saturated heterocycles. The standard InChI is InChI=1S/C14H18N2O3/c1-15-10-11(9-13(15)18)14(19)16(7-8-17)12-5-3-2-4-6-12/h2-6,11,17H,7-10H2,1H3. The average molecular weight is 262 g/mol. The number of hydrogen-bond acceptors (Lipinski definition) is 3. The second-order valence-corrected chi connectivity index (χ2v) is 4.72. The minimum Gasteiger partial charge on any atom is -0.395 e. The van der Waals surface area contributed by atoms with Crippen molar-refractivity contribution in [3.05, 3.63) is 30.3 Å². The van der Waals surface area contributed by atoms with Gasteiger partial charge in [0.05, 0.1) is 12.5 Å². The number of likely N-dealkylation sites (tertiary alicyclic amines) is 1. The van der Waals surface area contributed by atoms with Crippen molar-refractivity contribution in [2.24, 2.45) is 5.92 Å². The van der Waals surface area contributed by atoms with Crippen molar-refractivity contribution in [3.63, 3.8) is 0 Å². The van der Waals surface area contributed by atoms with Gasteiger partial charge in [0.15, 0.2) is 0 Å². The number of carbonyl (C=O) groups excluding carboxylic acids is 2. The molecule has 0 spiro atoms. The van der Waals surface area contributed by atoms with E-state index < -0.39 is 0 Å². The number of para-hydroxylation sites is 1. The molecule has 5 nitrogen and oxygen atoms in total. The van der Waals surface area contributed by atoms with Gasteiger partial charge in [0.2, 0.25) is 11.8 Å². The van der Waals surface area contributed by atoms with E-state index in [1.807, 2.05) is 30.3 Å². The van der Waals surface area contributed by atoms with Crippen molar-refractivity contribution in [3.8, 4) is 0 Å². The van der Waals surface area contributed by atoms with Gasteiger partial charge in [0.25, 0.3) is 0 Å². The lowest BCUT2D eigenvalue weighted by Crippen LogP contribution is -2.39. The molecule has 19 heavy (non-hydrogen) atoms. The molecule has 5 heteroatoms.